The zero-order valence-corrected chi connectivity index (χ0v) is 11.4. The molecule has 0 aliphatic heterocycles. The summed E-state index contributed by atoms with van der Waals surface area (Å²) in [5.41, 5.74) is 4.81. The van der Waals surface area contributed by atoms with Gasteiger partial charge in [0.25, 0.3) is 0 Å². The third kappa shape index (κ3) is 4.43. The highest BCUT2D eigenvalue weighted by Crippen LogP contribution is 2.17. The average Bonchev–Trinajstić information content (AvgIpc) is 2.26. The third-order valence-electron chi connectivity index (χ3n) is 2.55. The normalized spacial score (nSPS) is 11.2. The minimum Gasteiger partial charge on any atom is -0.497 e. The maximum absolute atomic E-state index is 5.18. The van der Waals surface area contributed by atoms with Gasteiger partial charge in [0.15, 0.2) is 0 Å². The van der Waals surface area contributed by atoms with Crippen LogP contribution in [0.25, 0.3) is 0 Å². The van der Waals surface area contributed by atoms with E-state index in [0.29, 0.717) is 0 Å². The molecular weight excluding hydrogens is 210 g/mol. The first-order valence-corrected chi connectivity index (χ1v) is 5.82. The smallest absolute Gasteiger partial charge is 0.119 e. The van der Waals surface area contributed by atoms with Gasteiger partial charge in [0.2, 0.25) is 0 Å². The van der Waals surface area contributed by atoms with Gasteiger partial charge in [-0.3, -0.25) is 4.99 Å². The van der Waals surface area contributed by atoms with Crippen molar-refractivity contribution < 1.29 is 4.74 Å². The Morgan fingerprint density at radius 1 is 1.29 bits per heavy atom. The number of allylic oxidation sites excluding steroid dienone is 2. The molecule has 2 heteroatoms. The molecule has 0 unspecified atom stereocenters. The third-order valence-corrected chi connectivity index (χ3v) is 2.55. The summed E-state index contributed by atoms with van der Waals surface area (Å²) in [5.74, 6) is 0.899. The van der Waals surface area contributed by atoms with Gasteiger partial charge >= 0.3 is 0 Å². The molecule has 0 atom stereocenters. The molecule has 0 fully saturated rings. The summed E-state index contributed by atoms with van der Waals surface area (Å²) in [4.78, 5) is 4.55. The molecule has 0 saturated carbocycles. The molecule has 0 heterocycles. The van der Waals surface area contributed by atoms with E-state index in [4.69, 9.17) is 4.74 Å². The van der Waals surface area contributed by atoms with E-state index in [1.807, 2.05) is 19.1 Å². The molecule has 0 aliphatic rings. The number of rotatable bonds is 4. The predicted octanol–water partition coefficient (Wildman–Crippen LogP) is 3.93. The van der Waals surface area contributed by atoms with E-state index in [9.17, 15) is 0 Å². The first-order valence-electron chi connectivity index (χ1n) is 5.82. The highest BCUT2D eigenvalue weighted by Gasteiger charge is 1.99. The number of aliphatic imine (C=N–C) groups is 1. The average molecular weight is 231 g/mol. The van der Waals surface area contributed by atoms with Gasteiger partial charge < -0.3 is 4.74 Å². The first-order chi connectivity index (χ1) is 8.02. The SMILES string of the molecule is COc1ccc(CN=C(C)C=C(C)C)c(C)c1. The Bertz CT molecular complexity index is 440. The van der Waals surface area contributed by atoms with Crippen LogP contribution in [0, 0.1) is 6.92 Å². The summed E-state index contributed by atoms with van der Waals surface area (Å²) in [6, 6.07) is 6.10. The molecule has 0 aromatic heterocycles. The maximum atomic E-state index is 5.18. The molecule has 0 spiro atoms. The maximum Gasteiger partial charge on any atom is 0.119 e. The molecule has 0 bridgehead atoms. The number of benzene rings is 1. The number of hydrogen-bond donors (Lipinski definition) is 0. The van der Waals surface area contributed by atoms with Gasteiger partial charge in [0.05, 0.1) is 13.7 Å². The van der Waals surface area contributed by atoms with E-state index in [1.54, 1.807) is 7.11 Å². The number of aryl methyl sites for hydroxylation is 1. The zero-order valence-electron chi connectivity index (χ0n) is 11.4. The van der Waals surface area contributed by atoms with Gasteiger partial charge in [0.1, 0.15) is 5.75 Å². The van der Waals surface area contributed by atoms with E-state index in [1.165, 1.54) is 16.7 Å². The van der Waals surface area contributed by atoms with Crippen molar-refractivity contribution in [2.75, 3.05) is 7.11 Å². The summed E-state index contributed by atoms with van der Waals surface area (Å²) >= 11 is 0. The molecule has 92 valence electrons. The van der Waals surface area contributed by atoms with Crippen LogP contribution >= 0.6 is 0 Å². The molecule has 1 rings (SSSR count). The number of methoxy groups -OCH3 is 1. The van der Waals surface area contributed by atoms with Crippen LogP contribution in [0.4, 0.5) is 0 Å². The summed E-state index contributed by atoms with van der Waals surface area (Å²) in [7, 11) is 1.69. The Labute approximate surface area is 104 Å². The lowest BCUT2D eigenvalue weighted by Crippen LogP contribution is -1.93. The second-order valence-electron chi connectivity index (χ2n) is 4.47. The fourth-order valence-electron chi connectivity index (χ4n) is 1.65. The van der Waals surface area contributed by atoms with Crippen LogP contribution in [0.3, 0.4) is 0 Å². The van der Waals surface area contributed by atoms with Crippen molar-refractivity contribution in [3.8, 4) is 5.75 Å². The minimum atomic E-state index is 0.728. The summed E-state index contributed by atoms with van der Waals surface area (Å²) in [5, 5.41) is 0. The summed E-state index contributed by atoms with van der Waals surface area (Å²) < 4.78 is 5.18. The van der Waals surface area contributed by atoms with Crippen molar-refractivity contribution in [1.29, 1.82) is 0 Å². The van der Waals surface area contributed by atoms with E-state index in [0.717, 1.165) is 18.0 Å². The van der Waals surface area contributed by atoms with E-state index in [2.05, 4.69) is 37.9 Å². The van der Waals surface area contributed by atoms with Gasteiger partial charge in [-0.05, 0) is 57.0 Å². The molecule has 0 aliphatic carbocycles. The van der Waals surface area contributed by atoms with E-state index in [-0.39, 0.29) is 0 Å². The molecule has 0 saturated heterocycles. The predicted molar refractivity (Wildman–Crippen MR) is 74.0 cm³/mol. The number of ether oxygens (including phenoxy) is 1. The van der Waals surface area contributed by atoms with Crippen molar-refractivity contribution in [2.24, 2.45) is 4.99 Å². The summed E-state index contributed by atoms with van der Waals surface area (Å²) in [6.07, 6.45) is 2.10. The highest BCUT2D eigenvalue weighted by atomic mass is 16.5. The van der Waals surface area contributed by atoms with Gasteiger partial charge in [0, 0.05) is 5.71 Å². The Morgan fingerprint density at radius 2 is 2.00 bits per heavy atom. The topological polar surface area (TPSA) is 21.6 Å². The molecule has 2 nitrogen and oxygen atoms in total. The van der Waals surface area contributed by atoms with Gasteiger partial charge in [-0.1, -0.05) is 11.6 Å². The monoisotopic (exact) mass is 231 g/mol. The second-order valence-corrected chi connectivity index (χ2v) is 4.47. The second kappa shape index (κ2) is 6.24. The van der Waals surface area contributed by atoms with Gasteiger partial charge in [-0.15, -0.1) is 0 Å². The zero-order chi connectivity index (χ0) is 12.8. The summed E-state index contributed by atoms with van der Waals surface area (Å²) in [6.45, 7) is 9.01. The molecule has 1 aromatic rings. The molecule has 0 N–H and O–H groups in total. The van der Waals surface area contributed by atoms with Crippen LogP contribution in [-0.4, -0.2) is 12.8 Å². The lowest BCUT2D eigenvalue weighted by atomic mass is 10.1. The van der Waals surface area contributed by atoms with Crippen LogP contribution in [0.1, 0.15) is 31.9 Å². The Balaban J connectivity index is 2.79. The molecular formula is C15H21NO. The quantitative estimate of drug-likeness (QED) is 0.719. The van der Waals surface area contributed by atoms with Gasteiger partial charge in [-0.2, -0.15) is 0 Å². The minimum absolute atomic E-state index is 0.728. The largest absolute Gasteiger partial charge is 0.497 e. The fraction of sp³-hybridized carbons (Fsp3) is 0.400. The van der Waals surface area contributed by atoms with Crippen LogP contribution in [0.15, 0.2) is 34.8 Å². The van der Waals surface area contributed by atoms with Crippen molar-refractivity contribution in [2.45, 2.75) is 34.2 Å². The molecule has 17 heavy (non-hydrogen) atoms. The molecule has 0 amide bonds. The lowest BCUT2D eigenvalue weighted by Gasteiger charge is -2.06. The van der Waals surface area contributed by atoms with E-state index >= 15 is 0 Å². The molecule has 0 radical (unpaired) electrons. The van der Waals surface area contributed by atoms with Crippen LogP contribution < -0.4 is 4.74 Å². The van der Waals surface area contributed by atoms with Crippen molar-refractivity contribution in [3.63, 3.8) is 0 Å². The first kappa shape index (κ1) is 13.5. The Kier molecular flexibility index (Phi) is 4.95. The molecule has 1 aromatic carbocycles. The van der Waals surface area contributed by atoms with Crippen LogP contribution in [-0.2, 0) is 6.54 Å². The van der Waals surface area contributed by atoms with Crippen molar-refractivity contribution >= 4 is 5.71 Å². The van der Waals surface area contributed by atoms with Crippen LogP contribution in [0.2, 0.25) is 0 Å². The standard InChI is InChI=1S/C15H21NO/c1-11(2)8-13(4)16-10-14-6-7-15(17-5)9-12(14)3/h6-9H,10H2,1-5H3. The number of nitrogens with zero attached hydrogens (tertiary/aromatic N) is 1. The van der Waals surface area contributed by atoms with E-state index < -0.39 is 0 Å². The van der Waals surface area contributed by atoms with Gasteiger partial charge in [-0.25, -0.2) is 0 Å². The Hall–Kier alpha value is -1.57. The lowest BCUT2D eigenvalue weighted by molar-refractivity contribution is 0.414. The fourth-order valence-corrected chi connectivity index (χ4v) is 1.65. The Morgan fingerprint density at radius 3 is 2.53 bits per heavy atom. The number of hydrogen-bond acceptors (Lipinski definition) is 2. The van der Waals surface area contributed by atoms with Crippen molar-refractivity contribution in [3.05, 3.63) is 41.0 Å². The van der Waals surface area contributed by atoms with Crippen molar-refractivity contribution in [1.82, 2.24) is 0 Å². The van der Waals surface area contributed by atoms with Crippen LogP contribution in [0.5, 0.6) is 5.75 Å². The highest BCUT2D eigenvalue weighted by molar-refractivity contribution is 5.93.